The Bertz CT molecular complexity index is 481. The molecule has 0 fully saturated rings. The third kappa shape index (κ3) is 2.71. The molecule has 0 amide bonds. The highest BCUT2D eigenvalue weighted by Crippen LogP contribution is 2.21. The summed E-state index contributed by atoms with van der Waals surface area (Å²) < 4.78 is 0. The molecule has 2 rings (SSSR count). The lowest BCUT2D eigenvalue weighted by atomic mass is 10.3. The first-order valence-electron chi connectivity index (χ1n) is 5.41. The molecule has 0 saturated carbocycles. The number of hydrogen-bond donors (Lipinski definition) is 0. The quantitative estimate of drug-likeness (QED) is 0.838. The summed E-state index contributed by atoms with van der Waals surface area (Å²) in [6, 6.07) is 9.96. The van der Waals surface area contributed by atoms with Gasteiger partial charge in [-0.2, -0.15) is 9.97 Å². The molecule has 0 aliphatic heterocycles. The number of nitrogens with zero attached hydrogens (tertiary/aromatic N) is 4. The van der Waals surface area contributed by atoms with E-state index in [2.05, 4.69) is 15.0 Å². The van der Waals surface area contributed by atoms with Gasteiger partial charge in [0.1, 0.15) is 5.82 Å². The first-order valence-corrected chi connectivity index (χ1v) is 5.79. The zero-order valence-electron chi connectivity index (χ0n) is 9.76. The molecule has 17 heavy (non-hydrogen) atoms. The summed E-state index contributed by atoms with van der Waals surface area (Å²) in [7, 11) is 0. The molecular weight excluding hydrogens is 236 g/mol. The molecule has 5 heteroatoms. The standard InChI is InChI=1S/C12H13ClN4/c1-3-17(10-7-5-4-6-8-10)12-15-9(2)14-11(13)16-12/h4-8H,3H2,1-2H3. The molecule has 88 valence electrons. The second-order valence-electron chi connectivity index (χ2n) is 3.53. The molecule has 1 heterocycles. The van der Waals surface area contributed by atoms with Crippen LogP contribution < -0.4 is 4.90 Å². The highest BCUT2D eigenvalue weighted by atomic mass is 35.5. The van der Waals surface area contributed by atoms with Crippen LogP contribution in [0.15, 0.2) is 30.3 Å². The maximum absolute atomic E-state index is 5.85. The van der Waals surface area contributed by atoms with Gasteiger partial charge in [-0.25, -0.2) is 4.98 Å². The number of hydrogen-bond acceptors (Lipinski definition) is 4. The summed E-state index contributed by atoms with van der Waals surface area (Å²) in [5, 5.41) is 0.224. The van der Waals surface area contributed by atoms with Crippen LogP contribution in [0.5, 0.6) is 0 Å². The van der Waals surface area contributed by atoms with Gasteiger partial charge in [0.25, 0.3) is 0 Å². The van der Waals surface area contributed by atoms with Crippen molar-refractivity contribution in [3.63, 3.8) is 0 Å². The predicted octanol–water partition coefficient (Wildman–Crippen LogP) is 2.99. The van der Waals surface area contributed by atoms with Crippen molar-refractivity contribution in [2.24, 2.45) is 0 Å². The molecule has 1 aromatic carbocycles. The Hall–Kier alpha value is -1.68. The smallest absolute Gasteiger partial charge is 0.234 e. The number of aryl methyl sites for hydroxylation is 1. The molecule has 0 aliphatic rings. The van der Waals surface area contributed by atoms with Gasteiger partial charge in [0.15, 0.2) is 0 Å². The van der Waals surface area contributed by atoms with Crippen molar-refractivity contribution < 1.29 is 0 Å². The van der Waals surface area contributed by atoms with Gasteiger partial charge in [-0.3, -0.25) is 0 Å². The summed E-state index contributed by atoms with van der Waals surface area (Å²) in [6.07, 6.45) is 0. The van der Waals surface area contributed by atoms with E-state index in [1.54, 1.807) is 6.92 Å². The van der Waals surface area contributed by atoms with E-state index in [1.165, 1.54) is 0 Å². The number of anilines is 2. The zero-order chi connectivity index (χ0) is 12.3. The molecule has 0 atom stereocenters. The Kier molecular flexibility index (Phi) is 3.54. The summed E-state index contributed by atoms with van der Waals surface area (Å²) in [6.45, 7) is 4.61. The Morgan fingerprint density at radius 1 is 1.12 bits per heavy atom. The van der Waals surface area contributed by atoms with E-state index in [0.29, 0.717) is 11.8 Å². The number of para-hydroxylation sites is 1. The maximum atomic E-state index is 5.85. The van der Waals surface area contributed by atoms with Crippen molar-refractivity contribution in [2.45, 2.75) is 13.8 Å². The molecule has 4 nitrogen and oxygen atoms in total. The van der Waals surface area contributed by atoms with Gasteiger partial charge in [-0.1, -0.05) is 18.2 Å². The average Bonchev–Trinajstić information content (AvgIpc) is 2.30. The maximum Gasteiger partial charge on any atom is 0.234 e. The van der Waals surface area contributed by atoms with Crippen LogP contribution >= 0.6 is 11.6 Å². The highest BCUT2D eigenvalue weighted by molar-refractivity contribution is 6.28. The molecule has 0 bridgehead atoms. The lowest BCUT2D eigenvalue weighted by molar-refractivity contribution is 0.894. The van der Waals surface area contributed by atoms with Crippen LogP contribution in [0.1, 0.15) is 12.7 Å². The van der Waals surface area contributed by atoms with Crippen molar-refractivity contribution in [2.75, 3.05) is 11.4 Å². The lowest BCUT2D eigenvalue weighted by Crippen LogP contribution is -2.19. The van der Waals surface area contributed by atoms with Crippen LogP contribution in [0.4, 0.5) is 11.6 Å². The number of halogens is 1. The molecule has 0 N–H and O–H groups in total. The third-order valence-electron chi connectivity index (χ3n) is 2.33. The first-order chi connectivity index (χ1) is 8.20. The Labute approximate surface area is 105 Å². The zero-order valence-corrected chi connectivity index (χ0v) is 10.5. The van der Waals surface area contributed by atoms with Gasteiger partial charge in [-0.15, -0.1) is 0 Å². The minimum Gasteiger partial charge on any atom is -0.311 e. The van der Waals surface area contributed by atoms with Crippen LogP contribution in [0.25, 0.3) is 0 Å². The molecule has 0 radical (unpaired) electrons. The van der Waals surface area contributed by atoms with E-state index in [0.717, 1.165) is 12.2 Å². The Morgan fingerprint density at radius 3 is 2.41 bits per heavy atom. The van der Waals surface area contributed by atoms with Gasteiger partial charge < -0.3 is 4.90 Å². The lowest BCUT2D eigenvalue weighted by Gasteiger charge is -2.20. The first kappa shape index (κ1) is 11.8. The second-order valence-corrected chi connectivity index (χ2v) is 3.87. The summed E-state index contributed by atoms with van der Waals surface area (Å²) in [5.41, 5.74) is 1.04. The molecule has 0 aliphatic carbocycles. The minimum absolute atomic E-state index is 0.224. The molecule has 0 spiro atoms. The van der Waals surface area contributed by atoms with Crippen LogP contribution in [-0.2, 0) is 0 Å². The average molecular weight is 249 g/mol. The van der Waals surface area contributed by atoms with Crippen molar-refractivity contribution >= 4 is 23.2 Å². The SMILES string of the molecule is CCN(c1ccccc1)c1nc(C)nc(Cl)n1. The van der Waals surface area contributed by atoms with Crippen molar-refractivity contribution in [3.05, 3.63) is 41.4 Å². The van der Waals surface area contributed by atoms with E-state index >= 15 is 0 Å². The fourth-order valence-electron chi connectivity index (χ4n) is 1.60. The third-order valence-corrected chi connectivity index (χ3v) is 2.50. The number of rotatable bonds is 3. The van der Waals surface area contributed by atoms with Gasteiger partial charge in [0.05, 0.1) is 0 Å². The van der Waals surface area contributed by atoms with E-state index in [-0.39, 0.29) is 5.28 Å². The van der Waals surface area contributed by atoms with E-state index < -0.39 is 0 Å². The molecule has 2 aromatic rings. The van der Waals surface area contributed by atoms with E-state index in [4.69, 9.17) is 11.6 Å². The summed E-state index contributed by atoms with van der Waals surface area (Å²) >= 11 is 5.85. The van der Waals surface area contributed by atoms with Gasteiger partial charge >= 0.3 is 0 Å². The monoisotopic (exact) mass is 248 g/mol. The van der Waals surface area contributed by atoms with Gasteiger partial charge in [-0.05, 0) is 37.6 Å². The topological polar surface area (TPSA) is 41.9 Å². The van der Waals surface area contributed by atoms with E-state index in [1.807, 2.05) is 42.2 Å². The molecule has 0 saturated heterocycles. The minimum atomic E-state index is 0.224. The molecule has 0 unspecified atom stereocenters. The summed E-state index contributed by atoms with van der Waals surface area (Å²) in [5.74, 6) is 1.20. The van der Waals surface area contributed by atoms with Crippen LogP contribution in [0.3, 0.4) is 0 Å². The van der Waals surface area contributed by atoms with Crippen LogP contribution in [0, 0.1) is 6.92 Å². The van der Waals surface area contributed by atoms with Crippen LogP contribution in [0.2, 0.25) is 5.28 Å². The predicted molar refractivity (Wildman–Crippen MR) is 68.7 cm³/mol. The number of aromatic nitrogens is 3. The van der Waals surface area contributed by atoms with Crippen molar-refractivity contribution in [1.82, 2.24) is 15.0 Å². The largest absolute Gasteiger partial charge is 0.311 e. The van der Waals surface area contributed by atoms with Gasteiger partial charge in [0, 0.05) is 12.2 Å². The Balaban J connectivity index is 2.42. The second kappa shape index (κ2) is 5.10. The van der Waals surface area contributed by atoms with Crippen LogP contribution in [-0.4, -0.2) is 21.5 Å². The van der Waals surface area contributed by atoms with E-state index in [9.17, 15) is 0 Å². The van der Waals surface area contributed by atoms with Gasteiger partial charge in [0.2, 0.25) is 11.2 Å². The van der Waals surface area contributed by atoms with Crippen molar-refractivity contribution in [1.29, 1.82) is 0 Å². The normalized spacial score (nSPS) is 10.3. The summed E-state index contributed by atoms with van der Waals surface area (Å²) in [4.78, 5) is 14.4. The van der Waals surface area contributed by atoms with Crippen molar-refractivity contribution in [3.8, 4) is 0 Å². The Morgan fingerprint density at radius 2 is 1.82 bits per heavy atom. The molecular formula is C12H13ClN4. The molecule has 1 aromatic heterocycles. The highest BCUT2D eigenvalue weighted by Gasteiger charge is 2.11. The number of benzene rings is 1. The fraction of sp³-hybridized carbons (Fsp3) is 0.250. The fourth-order valence-corrected chi connectivity index (χ4v) is 1.80.